The first-order chi connectivity index (χ1) is 10.2. The molecule has 0 bridgehead atoms. The Hall–Kier alpha value is -1.64. The first-order valence-electron chi connectivity index (χ1n) is 7.14. The van der Waals surface area contributed by atoms with Crippen molar-refractivity contribution in [2.75, 3.05) is 0 Å². The number of fused-ring (bicyclic) bond motifs is 1. The van der Waals surface area contributed by atoms with E-state index in [4.69, 9.17) is 5.73 Å². The van der Waals surface area contributed by atoms with Crippen molar-refractivity contribution >= 4 is 26.7 Å². The van der Waals surface area contributed by atoms with Crippen LogP contribution in [0.1, 0.15) is 22.7 Å². The summed E-state index contributed by atoms with van der Waals surface area (Å²) < 4.78 is 1.12. The van der Waals surface area contributed by atoms with Gasteiger partial charge in [-0.1, -0.05) is 70.5 Å². The van der Waals surface area contributed by atoms with Crippen LogP contribution in [0, 0.1) is 6.92 Å². The smallest absolute Gasteiger partial charge is 0.0339 e. The summed E-state index contributed by atoms with van der Waals surface area (Å²) >= 11 is 3.58. The number of hydrogen-bond donors (Lipinski definition) is 1. The third kappa shape index (κ3) is 2.87. The Morgan fingerprint density at radius 1 is 0.952 bits per heavy atom. The number of rotatable bonds is 3. The summed E-state index contributed by atoms with van der Waals surface area (Å²) in [5, 5.41) is 2.57. The summed E-state index contributed by atoms with van der Waals surface area (Å²) in [6.07, 6.45) is 0.846. The molecule has 0 aliphatic heterocycles. The van der Waals surface area contributed by atoms with Crippen molar-refractivity contribution in [3.05, 3.63) is 81.8 Å². The van der Waals surface area contributed by atoms with Gasteiger partial charge in [0, 0.05) is 10.5 Å². The van der Waals surface area contributed by atoms with Crippen LogP contribution in [0.3, 0.4) is 0 Å². The molecular weight excluding hydrogens is 322 g/mol. The molecule has 3 aromatic rings. The van der Waals surface area contributed by atoms with Gasteiger partial charge in [0.15, 0.2) is 0 Å². The van der Waals surface area contributed by atoms with Crippen molar-refractivity contribution in [2.24, 2.45) is 5.73 Å². The van der Waals surface area contributed by atoms with Gasteiger partial charge in [0.05, 0.1) is 0 Å². The summed E-state index contributed by atoms with van der Waals surface area (Å²) in [4.78, 5) is 0. The van der Waals surface area contributed by atoms with Gasteiger partial charge in [-0.2, -0.15) is 0 Å². The van der Waals surface area contributed by atoms with E-state index in [2.05, 4.69) is 83.5 Å². The van der Waals surface area contributed by atoms with E-state index in [9.17, 15) is 0 Å². The van der Waals surface area contributed by atoms with Gasteiger partial charge in [0.25, 0.3) is 0 Å². The lowest BCUT2D eigenvalue weighted by Crippen LogP contribution is -2.15. The predicted molar refractivity (Wildman–Crippen MR) is 93.5 cm³/mol. The molecular formula is C19H18BrN. The van der Waals surface area contributed by atoms with Crippen molar-refractivity contribution < 1.29 is 0 Å². The average Bonchev–Trinajstić information content (AvgIpc) is 2.50. The monoisotopic (exact) mass is 339 g/mol. The fourth-order valence-electron chi connectivity index (χ4n) is 2.84. The van der Waals surface area contributed by atoms with Gasteiger partial charge in [-0.05, 0) is 46.9 Å². The molecule has 0 aliphatic carbocycles. The second kappa shape index (κ2) is 6.00. The van der Waals surface area contributed by atoms with Gasteiger partial charge in [-0.3, -0.25) is 0 Å². The Kier molecular flexibility index (Phi) is 4.09. The highest BCUT2D eigenvalue weighted by atomic mass is 79.9. The molecule has 0 amide bonds. The Morgan fingerprint density at radius 2 is 1.67 bits per heavy atom. The summed E-state index contributed by atoms with van der Waals surface area (Å²) in [6, 6.07) is 21.1. The molecule has 0 spiro atoms. The van der Waals surface area contributed by atoms with Gasteiger partial charge in [-0.25, -0.2) is 0 Å². The highest BCUT2D eigenvalue weighted by Gasteiger charge is 2.12. The molecule has 0 heterocycles. The molecule has 0 radical (unpaired) electrons. The van der Waals surface area contributed by atoms with Crippen LogP contribution in [-0.4, -0.2) is 0 Å². The van der Waals surface area contributed by atoms with Crippen molar-refractivity contribution in [3.63, 3.8) is 0 Å². The van der Waals surface area contributed by atoms with Gasteiger partial charge >= 0.3 is 0 Å². The Bertz CT molecular complexity index is 774. The molecule has 21 heavy (non-hydrogen) atoms. The van der Waals surface area contributed by atoms with E-state index >= 15 is 0 Å². The van der Waals surface area contributed by atoms with E-state index in [1.807, 2.05) is 0 Å². The molecule has 2 N–H and O–H groups in total. The van der Waals surface area contributed by atoms with Crippen LogP contribution in [0.4, 0.5) is 0 Å². The molecule has 0 saturated heterocycles. The Balaban J connectivity index is 1.97. The lowest BCUT2D eigenvalue weighted by Gasteiger charge is -2.17. The molecule has 0 fully saturated rings. The molecule has 106 valence electrons. The van der Waals surface area contributed by atoms with E-state index in [1.54, 1.807) is 0 Å². The Morgan fingerprint density at radius 3 is 2.52 bits per heavy atom. The number of benzene rings is 3. The van der Waals surface area contributed by atoms with Crippen molar-refractivity contribution in [3.8, 4) is 0 Å². The van der Waals surface area contributed by atoms with E-state index in [0.29, 0.717) is 0 Å². The SMILES string of the molecule is Cc1c(Br)cccc1C(N)Cc1cccc2ccccc12. The first-order valence-corrected chi connectivity index (χ1v) is 7.93. The fraction of sp³-hybridized carbons (Fsp3) is 0.158. The van der Waals surface area contributed by atoms with E-state index in [1.165, 1.54) is 27.5 Å². The second-order valence-corrected chi connectivity index (χ2v) is 6.26. The van der Waals surface area contributed by atoms with Crippen molar-refractivity contribution in [1.82, 2.24) is 0 Å². The van der Waals surface area contributed by atoms with E-state index in [0.717, 1.165) is 10.9 Å². The van der Waals surface area contributed by atoms with Gasteiger partial charge in [0.2, 0.25) is 0 Å². The summed E-state index contributed by atoms with van der Waals surface area (Å²) in [5.74, 6) is 0. The van der Waals surface area contributed by atoms with E-state index < -0.39 is 0 Å². The van der Waals surface area contributed by atoms with Crippen LogP contribution in [-0.2, 0) is 6.42 Å². The van der Waals surface area contributed by atoms with Crippen LogP contribution in [0.15, 0.2) is 65.1 Å². The maximum absolute atomic E-state index is 6.47. The minimum Gasteiger partial charge on any atom is -0.324 e. The summed E-state index contributed by atoms with van der Waals surface area (Å²) in [5.41, 5.74) is 10.2. The fourth-order valence-corrected chi connectivity index (χ4v) is 3.22. The summed E-state index contributed by atoms with van der Waals surface area (Å²) in [6.45, 7) is 2.11. The zero-order valence-electron chi connectivity index (χ0n) is 12.0. The molecule has 1 unspecified atom stereocenters. The standard InChI is InChI=1S/C19H18BrN/c1-13-16(10-5-11-18(13)20)19(21)12-15-8-4-7-14-6-2-3-9-17(14)15/h2-11,19H,12,21H2,1H3. The maximum Gasteiger partial charge on any atom is 0.0339 e. The maximum atomic E-state index is 6.47. The molecule has 0 aromatic heterocycles. The minimum absolute atomic E-state index is 0.00769. The lowest BCUT2D eigenvalue weighted by atomic mass is 9.93. The molecule has 0 aliphatic rings. The zero-order valence-corrected chi connectivity index (χ0v) is 13.6. The van der Waals surface area contributed by atoms with Crippen LogP contribution < -0.4 is 5.73 Å². The van der Waals surface area contributed by atoms with Crippen LogP contribution >= 0.6 is 15.9 Å². The predicted octanol–water partition coefficient (Wildman–Crippen LogP) is 5.15. The van der Waals surface area contributed by atoms with Gasteiger partial charge < -0.3 is 5.73 Å². The number of hydrogen-bond acceptors (Lipinski definition) is 1. The summed E-state index contributed by atoms with van der Waals surface area (Å²) in [7, 11) is 0. The number of nitrogens with two attached hydrogens (primary N) is 1. The Labute approximate surface area is 133 Å². The topological polar surface area (TPSA) is 26.0 Å². The first kappa shape index (κ1) is 14.3. The highest BCUT2D eigenvalue weighted by molar-refractivity contribution is 9.10. The second-order valence-electron chi connectivity index (χ2n) is 5.40. The number of halogens is 1. The molecule has 1 atom stereocenters. The quantitative estimate of drug-likeness (QED) is 0.701. The van der Waals surface area contributed by atoms with Gasteiger partial charge in [0.1, 0.15) is 0 Å². The largest absolute Gasteiger partial charge is 0.324 e. The van der Waals surface area contributed by atoms with Crippen LogP contribution in [0.25, 0.3) is 10.8 Å². The average molecular weight is 340 g/mol. The highest BCUT2D eigenvalue weighted by Crippen LogP contribution is 2.27. The van der Waals surface area contributed by atoms with Crippen molar-refractivity contribution in [2.45, 2.75) is 19.4 Å². The van der Waals surface area contributed by atoms with Crippen molar-refractivity contribution in [1.29, 1.82) is 0 Å². The third-order valence-electron chi connectivity index (χ3n) is 4.03. The molecule has 3 rings (SSSR count). The van der Waals surface area contributed by atoms with Crippen LogP contribution in [0.5, 0.6) is 0 Å². The van der Waals surface area contributed by atoms with E-state index in [-0.39, 0.29) is 6.04 Å². The lowest BCUT2D eigenvalue weighted by molar-refractivity contribution is 0.719. The normalized spacial score (nSPS) is 12.5. The minimum atomic E-state index is 0.00769. The molecule has 3 aromatic carbocycles. The third-order valence-corrected chi connectivity index (χ3v) is 4.89. The molecule has 0 saturated carbocycles. The molecule has 2 heteroatoms. The zero-order chi connectivity index (χ0) is 14.8. The van der Waals surface area contributed by atoms with Gasteiger partial charge in [-0.15, -0.1) is 0 Å². The van der Waals surface area contributed by atoms with Crippen LogP contribution in [0.2, 0.25) is 0 Å². The molecule has 1 nitrogen and oxygen atoms in total.